The molecule has 0 saturated carbocycles. The number of nitrogens with one attached hydrogen (secondary N) is 1. The van der Waals surface area contributed by atoms with E-state index < -0.39 is 11.6 Å². The summed E-state index contributed by atoms with van der Waals surface area (Å²) in [5.41, 5.74) is 1.42. The largest absolute Gasteiger partial charge is 0.457 e. The second kappa shape index (κ2) is 4.12. The van der Waals surface area contributed by atoms with Gasteiger partial charge in [-0.3, -0.25) is 4.79 Å². The topological polar surface area (TPSA) is 55.4 Å². The van der Waals surface area contributed by atoms with Crippen LogP contribution < -0.4 is 5.32 Å². The van der Waals surface area contributed by atoms with Gasteiger partial charge in [-0.25, -0.2) is 4.79 Å². The highest BCUT2D eigenvalue weighted by molar-refractivity contribution is 6.01. The van der Waals surface area contributed by atoms with Crippen molar-refractivity contribution in [1.82, 2.24) is 5.32 Å². The SMILES string of the molecule is CC1=C(C)/C(=C\C(=O)OC(C)(C)C)NC1=O. The van der Waals surface area contributed by atoms with Crippen LogP contribution in [-0.4, -0.2) is 17.5 Å². The maximum atomic E-state index is 11.5. The second-order valence-corrected chi connectivity index (χ2v) is 4.80. The smallest absolute Gasteiger partial charge is 0.333 e. The molecule has 0 bridgehead atoms. The highest BCUT2D eigenvalue weighted by atomic mass is 16.6. The van der Waals surface area contributed by atoms with Crippen molar-refractivity contribution < 1.29 is 14.3 Å². The van der Waals surface area contributed by atoms with Crippen LogP contribution in [0.25, 0.3) is 0 Å². The van der Waals surface area contributed by atoms with Crippen molar-refractivity contribution in [2.75, 3.05) is 0 Å². The standard InChI is InChI=1S/C12H17NO3/c1-7-8(2)11(15)13-9(7)6-10(14)16-12(3,4)5/h6H,1-5H3,(H,13,15)/b9-6+. The summed E-state index contributed by atoms with van der Waals surface area (Å²) in [5.74, 6) is -0.607. The summed E-state index contributed by atoms with van der Waals surface area (Å²) in [6.07, 6.45) is 1.31. The number of allylic oxidation sites excluding steroid dienone is 1. The fourth-order valence-corrected chi connectivity index (χ4v) is 1.28. The zero-order chi connectivity index (χ0) is 12.5. The highest BCUT2D eigenvalue weighted by Gasteiger charge is 2.22. The van der Waals surface area contributed by atoms with Gasteiger partial charge in [0, 0.05) is 11.6 Å². The van der Waals surface area contributed by atoms with Crippen molar-refractivity contribution in [2.45, 2.75) is 40.2 Å². The molecule has 1 rings (SSSR count). The van der Waals surface area contributed by atoms with Crippen LogP contribution in [0.4, 0.5) is 0 Å². The number of esters is 1. The predicted molar refractivity (Wildman–Crippen MR) is 60.4 cm³/mol. The van der Waals surface area contributed by atoms with Gasteiger partial charge in [0.05, 0.1) is 5.70 Å². The zero-order valence-electron chi connectivity index (χ0n) is 10.3. The molecule has 1 aliphatic rings. The summed E-state index contributed by atoms with van der Waals surface area (Å²) in [6, 6.07) is 0. The predicted octanol–water partition coefficient (Wildman–Crippen LogP) is 1.68. The van der Waals surface area contributed by atoms with E-state index in [2.05, 4.69) is 5.32 Å². The Morgan fingerprint density at radius 2 is 1.81 bits per heavy atom. The number of ether oxygens (including phenoxy) is 1. The first kappa shape index (κ1) is 12.5. The van der Waals surface area contributed by atoms with Gasteiger partial charge in [0.15, 0.2) is 0 Å². The number of amides is 1. The third kappa shape index (κ3) is 2.95. The van der Waals surface area contributed by atoms with Crippen LogP contribution in [0.2, 0.25) is 0 Å². The van der Waals surface area contributed by atoms with Gasteiger partial charge in [0.1, 0.15) is 5.60 Å². The molecule has 0 aromatic carbocycles. The van der Waals surface area contributed by atoms with Crippen LogP contribution in [0.1, 0.15) is 34.6 Å². The number of hydrogen-bond donors (Lipinski definition) is 1. The monoisotopic (exact) mass is 223 g/mol. The molecule has 4 heteroatoms. The Hall–Kier alpha value is -1.58. The number of carbonyl (C=O) groups excluding carboxylic acids is 2. The van der Waals surface area contributed by atoms with Crippen LogP contribution in [0, 0.1) is 0 Å². The van der Waals surface area contributed by atoms with Gasteiger partial charge in [-0.2, -0.15) is 0 Å². The van der Waals surface area contributed by atoms with Crippen molar-refractivity contribution in [3.8, 4) is 0 Å². The summed E-state index contributed by atoms with van der Waals surface area (Å²) in [5, 5.41) is 2.62. The third-order valence-corrected chi connectivity index (χ3v) is 2.22. The molecule has 0 radical (unpaired) electrons. The fraction of sp³-hybridized carbons (Fsp3) is 0.500. The van der Waals surface area contributed by atoms with Gasteiger partial charge in [0.25, 0.3) is 5.91 Å². The molecular weight excluding hydrogens is 206 g/mol. The molecule has 1 heterocycles. The van der Waals surface area contributed by atoms with E-state index in [0.29, 0.717) is 11.3 Å². The summed E-state index contributed by atoms with van der Waals surface area (Å²) < 4.78 is 5.13. The molecule has 0 aliphatic carbocycles. The van der Waals surface area contributed by atoms with Crippen LogP contribution in [0.3, 0.4) is 0 Å². The molecule has 1 amide bonds. The van der Waals surface area contributed by atoms with Gasteiger partial charge < -0.3 is 10.1 Å². The Labute approximate surface area is 95.4 Å². The van der Waals surface area contributed by atoms with Gasteiger partial charge in [-0.1, -0.05) is 0 Å². The normalized spacial score (nSPS) is 19.1. The van der Waals surface area contributed by atoms with Crippen molar-refractivity contribution in [3.05, 3.63) is 22.9 Å². The lowest BCUT2D eigenvalue weighted by Crippen LogP contribution is -2.24. The van der Waals surface area contributed by atoms with Gasteiger partial charge >= 0.3 is 5.97 Å². The molecule has 16 heavy (non-hydrogen) atoms. The zero-order valence-corrected chi connectivity index (χ0v) is 10.3. The fourth-order valence-electron chi connectivity index (χ4n) is 1.28. The summed E-state index contributed by atoms with van der Waals surface area (Å²) in [6.45, 7) is 8.91. The lowest BCUT2D eigenvalue weighted by Gasteiger charge is -2.18. The molecule has 0 spiro atoms. The Kier molecular flexibility index (Phi) is 3.21. The van der Waals surface area contributed by atoms with E-state index in [4.69, 9.17) is 4.74 Å². The maximum Gasteiger partial charge on any atom is 0.333 e. The first-order valence-corrected chi connectivity index (χ1v) is 5.14. The van der Waals surface area contributed by atoms with Gasteiger partial charge in [0.2, 0.25) is 0 Å². The molecule has 88 valence electrons. The highest BCUT2D eigenvalue weighted by Crippen LogP contribution is 2.19. The van der Waals surface area contributed by atoms with Crippen LogP contribution in [0.5, 0.6) is 0 Å². The van der Waals surface area contributed by atoms with Gasteiger partial charge in [-0.15, -0.1) is 0 Å². The lowest BCUT2D eigenvalue weighted by molar-refractivity contribution is -0.148. The van der Waals surface area contributed by atoms with E-state index in [1.165, 1.54) is 6.08 Å². The van der Waals surface area contributed by atoms with Crippen LogP contribution in [0.15, 0.2) is 22.9 Å². The van der Waals surface area contributed by atoms with Crippen molar-refractivity contribution in [2.24, 2.45) is 0 Å². The molecule has 0 aromatic rings. The number of hydrogen-bond acceptors (Lipinski definition) is 3. The Morgan fingerprint density at radius 3 is 2.19 bits per heavy atom. The molecule has 0 unspecified atom stereocenters. The first-order chi connectivity index (χ1) is 7.20. The Balaban J connectivity index is 2.81. The average molecular weight is 223 g/mol. The van der Waals surface area contributed by atoms with E-state index in [0.717, 1.165) is 5.57 Å². The lowest BCUT2D eigenvalue weighted by atomic mass is 10.1. The molecular formula is C12H17NO3. The van der Waals surface area contributed by atoms with E-state index in [9.17, 15) is 9.59 Å². The molecule has 0 fully saturated rings. The molecule has 4 nitrogen and oxygen atoms in total. The molecule has 0 saturated heterocycles. The van der Waals surface area contributed by atoms with Crippen molar-refractivity contribution in [1.29, 1.82) is 0 Å². The Bertz CT molecular complexity index is 397. The average Bonchev–Trinajstić information content (AvgIpc) is 2.30. The maximum absolute atomic E-state index is 11.5. The van der Waals surface area contributed by atoms with E-state index in [-0.39, 0.29) is 5.91 Å². The number of rotatable bonds is 1. The van der Waals surface area contributed by atoms with E-state index in [1.54, 1.807) is 34.6 Å². The molecule has 1 aliphatic heterocycles. The van der Waals surface area contributed by atoms with Crippen LogP contribution >= 0.6 is 0 Å². The quantitative estimate of drug-likeness (QED) is 0.543. The first-order valence-electron chi connectivity index (χ1n) is 5.14. The van der Waals surface area contributed by atoms with E-state index >= 15 is 0 Å². The second-order valence-electron chi connectivity index (χ2n) is 4.80. The van der Waals surface area contributed by atoms with Crippen LogP contribution in [-0.2, 0) is 14.3 Å². The van der Waals surface area contributed by atoms with Crippen molar-refractivity contribution >= 4 is 11.9 Å². The summed E-state index contributed by atoms with van der Waals surface area (Å²) >= 11 is 0. The molecule has 0 atom stereocenters. The summed E-state index contributed by atoms with van der Waals surface area (Å²) in [7, 11) is 0. The summed E-state index contributed by atoms with van der Waals surface area (Å²) in [4.78, 5) is 22.8. The molecule has 1 N–H and O–H groups in total. The minimum atomic E-state index is -0.524. The van der Waals surface area contributed by atoms with Gasteiger partial charge in [-0.05, 0) is 40.2 Å². The molecule has 0 aromatic heterocycles. The Morgan fingerprint density at radius 1 is 1.25 bits per heavy atom. The third-order valence-electron chi connectivity index (χ3n) is 2.22. The minimum absolute atomic E-state index is 0.160. The minimum Gasteiger partial charge on any atom is -0.457 e. The van der Waals surface area contributed by atoms with E-state index in [1.807, 2.05) is 0 Å². The van der Waals surface area contributed by atoms with Crippen molar-refractivity contribution in [3.63, 3.8) is 0 Å². The number of carbonyl (C=O) groups is 2.